The van der Waals surface area contributed by atoms with Crippen LogP contribution in [0, 0.1) is 0 Å². The lowest BCUT2D eigenvalue weighted by molar-refractivity contribution is 0.0838. The fourth-order valence-corrected chi connectivity index (χ4v) is 1.37. The number of benzene rings is 1. The molecule has 18 heavy (non-hydrogen) atoms. The van der Waals surface area contributed by atoms with Crippen molar-refractivity contribution in [1.29, 1.82) is 0 Å². The average Bonchev–Trinajstić information content (AvgIpc) is 2.39. The van der Waals surface area contributed by atoms with Crippen LogP contribution < -0.4 is 10.1 Å². The molecule has 5 nitrogen and oxygen atoms in total. The summed E-state index contributed by atoms with van der Waals surface area (Å²) in [5.41, 5.74) is 0.584. The standard InChI is InChI=1S/C13H19NO4/c1-2-18-12-5-3-11(4-6-12)13(16)14-7-9-17-10-8-15/h3-6,15H,2,7-10H2,1H3,(H,14,16). The molecule has 0 saturated heterocycles. The monoisotopic (exact) mass is 253 g/mol. The summed E-state index contributed by atoms with van der Waals surface area (Å²) >= 11 is 0. The molecule has 0 radical (unpaired) electrons. The van der Waals surface area contributed by atoms with E-state index in [-0.39, 0.29) is 12.5 Å². The van der Waals surface area contributed by atoms with Crippen molar-refractivity contribution in [3.8, 4) is 5.75 Å². The van der Waals surface area contributed by atoms with Crippen molar-refractivity contribution in [1.82, 2.24) is 5.32 Å². The summed E-state index contributed by atoms with van der Waals surface area (Å²) in [6.45, 7) is 3.61. The number of nitrogens with one attached hydrogen (secondary N) is 1. The maximum absolute atomic E-state index is 11.7. The second-order valence-corrected chi connectivity index (χ2v) is 3.55. The number of aliphatic hydroxyl groups is 1. The van der Waals surface area contributed by atoms with Gasteiger partial charge < -0.3 is 19.9 Å². The van der Waals surface area contributed by atoms with E-state index in [4.69, 9.17) is 14.6 Å². The van der Waals surface area contributed by atoms with Crippen LogP contribution >= 0.6 is 0 Å². The highest BCUT2D eigenvalue weighted by molar-refractivity contribution is 5.94. The van der Waals surface area contributed by atoms with Crippen LogP contribution in [-0.4, -0.2) is 44.0 Å². The third-order valence-electron chi connectivity index (χ3n) is 2.20. The lowest BCUT2D eigenvalue weighted by Gasteiger charge is -2.07. The fourth-order valence-electron chi connectivity index (χ4n) is 1.37. The van der Waals surface area contributed by atoms with Crippen molar-refractivity contribution in [2.75, 3.05) is 33.0 Å². The minimum Gasteiger partial charge on any atom is -0.494 e. The highest BCUT2D eigenvalue weighted by atomic mass is 16.5. The fraction of sp³-hybridized carbons (Fsp3) is 0.462. The Kier molecular flexibility index (Phi) is 6.83. The maximum Gasteiger partial charge on any atom is 0.251 e. The van der Waals surface area contributed by atoms with Crippen molar-refractivity contribution in [3.63, 3.8) is 0 Å². The molecule has 0 atom stereocenters. The van der Waals surface area contributed by atoms with E-state index in [1.807, 2.05) is 6.92 Å². The first-order valence-electron chi connectivity index (χ1n) is 5.97. The Balaban J connectivity index is 2.32. The molecule has 1 aromatic rings. The van der Waals surface area contributed by atoms with Gasteiger partial charge in [0, 0.05) is 12.1 Å². The van der Waals surface area contributed by atoms with Crippen LogP contribution in [0.15, 0.2) is 24.3 Å². The number of ether oxygens (including phenoxy) is 2. The van der Waals surface area contributed by atoms with E-state index >= 15 is 0 Å². The van der Waals surface area contributed by atoms with Gasteiger partial charge in [0.25, 0.3) is 5.91 Å². The highest BCUT2D eigenvalue weighted by Crippen LogP contribution is 2.11. The summed E-state index contributed by atoms with van der Waals surface area (Å²) < 4.78 is 10.3. The van der Waals surface area contributed by atoms with Gasteiger partial charge in [-0.05, 0) is 31.2 Å². The van der Waals surface area contributed by atoms with Crippen LogP contribution in [0.5, 0.6) is 5.75 Å². The highest BCUT2D eigenvalue weighted by Gasteiger charge is 2.04. The van der Waals surface area contributed by atoms with Gasteiger partial charge in [-0.25, -0.2) is 0 Å². The zero-order valence-electron chi connectivity index (χ0n) is 10.5. The van der Waals surface area contributed by atoms with Gasteiger partial charge in [-0.1, -0.05) is 0 Å². The van der Waals surface area contributed by atoms with Gasteiger partial charge in [0.1, 0.15) is 5.75 Å². The summed E-state index contributed by atoms with van der Waals surface area (Å²) in [6.07, 6.45) is 0. The van der Waals surface area contributed by atoms with Crippen molar-refractivity contribution in [2.24, 2.45) is 0 Å². The normalized spacial score (nSPS) is 10.1. The Morgan fingerprint density at radius 2 is 2.00 bits per heavy atom. The van der Waals surface area contributed by atoms with Crippen LogP contribution in [0.1, 0.15) is 17.3 Å². The summed E-state index contributed by atoms with van der Waals surface area (Å²) in [5, 5.41) is 11.2. The smallest absolute Gasteiger partial charge is 0.251 e. The maximum atomic E-state index is 11.7. The molecular weight excluding hydrogens is 234 g/mol. The summed E-state index contributed by atoms with van der Waals surface area (Å²) in [5.74, 6) is 0.603. The molecular formula is C13H19NO4. The second-order valence-electron chi connectivity index (χ2n) is 3.55. The first kappa shape index (κ1) is 14.5. The SMILES string of the molecule is CCOc1ccc(C(=O)NCCOCCO)cc1. The third-order valence-corrected chi connectivity index (χ3v) is 2.20. The molecule has 0 spiro atoms. The number of rotatable bonds is 8. The number of aliphatic hydroxyl groups excluding tert-OH is 1. The van der Waals surface area contributed by atoms with E-state index in [2.05, 4.69) is 5.32 Å². The number of amides is 1. The summed E-state index contributed by atoms with van der Waals surface area (Å²) in [4.78, 5) is 11.7. The topological polar surface area (TPSA) is 67.8 Å². The largest absolute Gasteiger partial charge is 0.494 e. The second kappa shape index (κ2) is 8.49. The predicted molar refractivity (Wildman–Crippen MR) is 67.8 cm³/mol. The van der Waals surface area contributed by atoms with Gasteiger partial charge in [0.2, 0.25) is 0 Å². The number of carbonyl (C=O) groups excluding carboxylic acids is 1. The average molecular weight is 253 g/mol. The molecule has 0 saturated carbocycles. The van der Waals surface area contributed by atoms with E-state index in [0.29, 0.717) is 31.9 Å². The third kappa shape index (κ3) is 5.16. The van der Waals surface area contributed by atoms with Crippen LogP contribution in [0.25, 0.3) is 0 Å². The van der Waals surface area contributed by atoms with Crippen molar-refractivity contribution >= 4 is 5.91 Å². The molecule has 0 aliphatic heterocycles. The quantitative estimate of drug-likeness (QED) is 0.673. The van der Waals surface area contributed by atoms with E-state index in [1.165, 1.54) is 0 Å². The molecule has 1 rings (SSSR count). The minimum atomic E-state index is -0.148. The van der Waals surface area contributed by atoms with E-state index in [1.54, 1.807) is 24.3 Å². The van der Waals surface area contributed by atoms with E-state index < -0.39 is 0 Å². The molecule has 1 aromatic carbocycles. The number of carbonyl (C=O) groups is 1. The predicted octanol–water partition coefficient (Wildman–Crippen LogP) is 0.824. The van der Waals surface area contributed by atoms with E-state index in [0.717, 1.165) is 5.75 Å². The Hall–Kier alpha value is -1.59. The zero-order chi connectivity index (χ0) is 13.2. The van der Waals surface area contributed by atoms with E-state index in [9.17, 15) is 4.79 Å². The van der Waals surface area contributed by atoms with Crippen LogP contribution in [0.4, 0.5) is 0 Å². The molecule has 2 N–H and O–H groups in total. The molecule has 100 valence electrons. The van der Waals surface area contributed by atoms with Crippen LogP contribution in [-0.2, 0) is 4.74 Å². The van der Waals surface area contributed by atoms with Gasteiger partial charge in [0.15, 0.2) is 0 Å². The molecule has 0 aliphatic carbocycles. The number of hydrogen-bond donors (Lipinski definition) is 2. The molecule has 0 aliphatic rings. The van der Waals surface area contributed by atoms with Gasteiger partial charge in [-0.15, -0.1) is 0 Å². The van der Waals surface area contributed by atoms with Crippen LogP contribution in [0.3, 0.4) is 0 Å². The Morgan fingerprint density at radius 1 is 1.28 bits per heavy atom. The minimum absolute atomic E-state index is 0.00711. The first-order chi connectivity index (χ1) is 8.77. The first-order valence-corrected chi connectivity index (χ1v) is 5.97. The van der Waals surface area contributed by atoms with Gasteiger partial charge >= 0.3 is 0 Å². The lowest BCUT2D eigenvalue weighted by atomic mass is 10.2. The molecule has 0 bridgehead atoms. The summed E-state index contributed by atoms with van der Waals surface area (Å²) in [6, 6.07) is 6.96. The van der Waals surface area contributed by atoms with Crippen LogP contribution in [0.2, 0.25) is 0 Å². The van der Waals surface area contributed by atoms with Gasteiger partial charge in [-0.2, -0.15) is 0 Å². The Labute approximate surface area is 107 Å². The van der Waals surface area contributed by atoms with Crippen molar-refractivity contribution < 1.29 is 19.4 Å². The van der Waals surface area contributed by atoms with Crippen molar-refractivity contribution in [3.05, 3.63) is 29.8 Å². The molecule has 0 aromatic heterocycles. The van der Waals surface area contributed by atoms with Crippen molar-refractivity contribution in [2.45, 2.75) is 6.92 Å². The Morgan fingerprint density at radius 3 is 2.61 bits per heavy atom. The summed E-state index contributed by atoms with van der Waals surface area (Å²) in [7, 11) is 0. The number of hydrogen-bond acceptors (Lipinski definition) is 4. The zero-order valence-corrected chi connectivity index (χ0v) is 10.5. The molecule has 5 heteroatoms. The molecule has 1 amide bonds. The Bertz CT molecular complexity index is 351. The molecule has 0 fully saturated rings. The lowest BCUT2D eigenvalue weighted by Crippen LogP contribution is -2.27. The van der Waals surface area contributed by atoms with Gasteiger partial charge in [0.05, 0.1) is 26.4 Å². The van der Waals surface area contributed by atoms with Gasteiger partial charge in [-0.3, -0.25) is 4.79 Å². The molecule has 0 unspecified atom stereocenters. The molecule has 0 heterocycles.